The number of rotatable bonds is 4. The van der Waals surface area contributed by atoms with Gasteiger partial charge in [-0.1, -0.05) is 0 Å². The first-order valence-electron chi connectivity index (χ1n) is 6.51. The average molecular weight is 276 g/mol. The second-order valence-electron chi connectivity index (χ2n) is 5.14. The highest BCUT2D eigenvalue weighted by atomic mass is 16.5. The van der Waals surface area contributed by atoms with Crippen molar-refractivity contribution in [3.05, 3.63) is 23.9 Å². The van der Waals surface area contributed by atoms with E-state index in [1.807, 2.05) is 45.0 Å². The number of aromatic nitrogens is 1. The smallest absolute Gasteiger partial charge is 0.354 e. The number of fused-ring (bicyclic) bond motifs is 1. The summed E-state index contributed by atoms with van der Waals surface area (Å²) in [5, 5.41) is 0.964. The maximum absolute atomic E-state index is 11.6. The first-order chi connectivity index (χ1) is 9.42. The lowest BCUT2D eigenvalue weighted by molar-refractivity contribution is 0.0595. The molecule has 1 heterocycles. The van der Waals surface area contributed by atoms with E-state index in [2.05, 4.69) is 4.98 Å². The number of hydrogen-bond donors (Lipinski definition) is 1. The van der Waals surface area contributed by atoms with Crippen LogP contribution < -0.4 is 9.64 Å². The van der Waals surface area contributed by atoms with Gasteiger partial charge in [0.15, 0.2) is 0 Å². The Hall–Kier alpha value is -2.17. The van der Waals surface area contributed by atoms with Crippen molar-refractivity contribution in [1.82, 2.24) is 4.98 Å². The number of benzene rings is 1. The third-order valence-corrected chi connectivity index (χ3v) is 2.95. The zero-order valence-corrected chi connectivity index (χ0v) is 12.5. The van der Waals surface area contributed by atoms with Crippen molar-refractivity contribution in [2.45, 2.75) is 20.0 Å². The van der Waals surface area contributed by atoms with Crippen LogP contribution in [0.5, 0.6) is 5.75 Å². The molecule has 5 nitrogen and oxygen atoms in total. The van der Waals surface area contributed by atoms with E-state index in [0.29, 0.717) is 5.69 Å². The lowest BCUT2D eigenvalue weighted by Gasteiger charge is -2.17. The van der Waals surface area contributed by atoms with Gasteiger partial charge >= 0.3 is 5.97 Å². The van der Waals surface area contributed by atoms with Crippen LogP contribution in [-0.4, -0.2) is 38.3 Å². The van der Waals surface area contributed by atoms with Gasteiger partial charge in [0.1, 0.15) is 11.4 Å². The Labute approximate surface area is 118 Å². The Morgan fingerprint density at radius 3 is 2.50 bits per heavy atom. The van der Waals surface area contributed by atoms with Crippen LogP contribution in [0.25, 0.3) is 10.9 Å². The van der Waals surface area contributed by atoms with Crippen LogP contribution in [0.4, 0.5) is 5.69 Å². The van der Waals surface area contributed by atoms with Gasteiger partial charge in [-0.25, -0.2) is 4.79 Å². The maximum Gasteiger partial charge on any atom is 0.354 e. The Balaban J connectivity index is 2.58. The van der Waals surface area contributed by atoms with Crippen LogP contribution >= 0.6 is 0 Å². The molecule has 0 saturated heterocycles. The normalized spacial score (nSPS) is 10.9. The molecular formula is C15H20N2O3. The number of nitrogens with one attached hydrogen (secondary N) is 1. The molecule has 20 heavy (non-hydrogen) atoms. The second-order valence-corrected chi connectivity index (χ2v) is 5.14. The molecule has 5 heteroatoms. The summed E-state index contributed by atoms with van der Waals surface area (Å²) < 4.78 is 10.5. The van der Waals surface area contributed by atoms with Crippen LogP contribution in [0, 0.1) is 0 Å². The Morgan fingerprint density at radius 2 is 1.95 bits per heavy atom. The summed E-state index contributed by atoms with van der Waals surface area (Å²) >= 11 is 0. The summed E-state index contributed by atoms with van der Waals surface area (Å²) in [7, 11) is 5.28. The molecule has 0 atom stereocenters. The number of H-pyrrole nitrogens is 1. The Kier molecular flexibility index (Phi) is 3.88. The number of carbonyl (C=O) groups is 1. The van der Waals surface area contributed by atoms with Crippen molar-refractivity contribution in [3.8, 4) is 5.75 Å². The minimum atomic E-state index is -0.378. The van der Waals surface area contributed by atoms with Gasteiger partial charge in [0.05, 0.1) is 18.7 Å². The molecule has 0 fully saturated rings. The zero-order chi connectivity index (χ0) is 14.9. The van der Waals surface area contributed by atoms with Crippen molar-refractivity contribution in [2.24, 2.45) is 0 Å². The first-order valence-corrected chi connectivity index (χ1v) is 6.51. The molecule has 1 aromatic carbocycles. The van der Waals surface area contributed by atoms with Gasteiger partial charge in [0.25, 0.3) is 0 Å². The van der Waals surface area contributed by atoms with E-state index >= 15 is 0 Å². The predicted octanol–water partition coefficient (Wildman–Crippen LogP) is 2.81. The van der Waals surface area contributed by atoms with Crippen LogP contribution in [0.15, 0.2) is 18.2 Å². The lowest BCUT2D eigenvalue weighted by Crippen LogP contribution is -2.10. The van der Waals surface area contributed by atoms with Crippen molar-refractivity contribution < 1.29 is 14.3 Å². The number of aromatic amines is 1. The summed E-state index contributed by atoms with van der Waals surface area (Å²) in [6.45, 7) is 3.96. The largest absolute Gasteiger partial charge is 0.491 e. The molecule has 0 bridgehead atoms. The molecule has 0 aliphatic rings. The Bertz CT molecular complexity index is 629. The molecule has 0 aliphatic heterocycles. The summed E-state index contributed by atoms with van der Waals surface area (Å²) in [5.41, 5.74) is 2.28. The minimum absolute atomic E-state index is 0.0949. The number of ether oxygens (including phenoxy) is 2. The standard InChI is InChI=1S/C15H20N2O3/c1-9(2)20-10-6-12-11(14(7-10)17(3)4)8-13(16-12)15(18)19-5/h6-9,16H,1-5H3. The number of esters is 1. The molecule has 0 saturated carbocycles. The van der Waals surface area contributed by atoms with Crippen molar-refractivity contribution in [3.63, 3.8) is 0 Å². The van der Waals surface area contributed by atoms with Gasteiger partial charge in [-0.05, 0) is 19.9 Å². The van der Waals surface area contributed by atoms with E-state index in [0.717, 1.165) is 22.3 Å². The van der Waals surface area contributed by atoms with Gasteiger partial charge < -0.3 is 19.4 Å². The highest BCUT2D eigenvalue weighted by Gasteiger charge is 2.14. The fourth-order valence-corrected chi connectivity index (χ4v) is 2.12. The molecule has 0 radical (unpaired) electrons. The highest BCUT2D eigenvalue weighted by Crippen LogP contribution is 2.32. The van der Waals surface area contributed by atoms with E-state index in [4.69, 9.17) is 9.47 Å². The maximum atomic E-state index is 11.6. The molecule has 2 aromatic rings. The molecule has 0 aliphatic carbocycles. The molecule has 0 spiro atoms. The fraction of sp³-hybridized carbons (Fsp3) is 0.400. The van der Waals surface area contributed by atoms with Gasteiger partial charge in [0.2, 0.25) is 0 Å². The summed E-state index contributed by atoms with van der Waals surface area (Å²) in [6, 6.07) is 5.67. The predicted molar refractivity (Wildman–Crippen MR) is 79.7 cm³/mol. The molecule has 0 unspecified atom stereocenters. The quantitative estimate of drug-likeness (QED) is 0.872. The highest BCUT2D eigenvalue weighted by molar-refractivity contribution is 6.00. The minimum Gasteiger partial charge on any atom is -0.491 e. The molecular weight excluding hydrogens is 256 g/mol. The number of anilines is 1. The lowest BCUT2D eigenvalue weighted by atomic mass is 10.2. The summed E-state index contributed by atoms with van der Waals surface area (Å²) in [6.07, 6.45) is 0.0949. The SMILES string of the molecule is COC(=O)c1cc2c(N(C)C)cc(OC(C)C)cc2[nH]1. The molecule has 1 N–H and O–H groups in total. The van der Waals surface area contributed by atoms with Gasteiger partial charge in [-0.3, -0.25) is 0 Å². The third kappa shape index (κ3) is 2.71. The second kappa shape index (κ2) is 5.45. The molecule has 1 aromatic heterocycles. The van der Waals surface area contributed by atoms with E-state index < -0.39 is 0 Å². The zero-order valence-electron chi connectivity index (χ0n) is 12.5. The monoisotopic (exact) mass is 276 g/mol. The third-order valence-electron chi connectivity index (χ3n) is 2.95. The number of methoxy groups -OCH3 is 1. The van der Waals surface area contributed by atoms with Crippen LogP contribution in [0.3, 0.4) is 0 Å². The fourth-order valence-electron chi connectivity index (χ4n) is 2.12. The van der Waals surface area contributed by atoms with E-state index in [-0.39, 0.29) is 12.1 Å². The van der Waals surface area contributed by atoms with Crippen LogP contribution in [0.2, 0.25) is 0 Å². The van der Waals surface area contributed by atoms with Gasteiger partial charge in [0, 0.05) is 37.3 Å². The van der Waals surface area contributed by atoms with Crippen LogP contribution in [0.1, 0.15) is 24.3 Å². The summed E-state index contributed by atoms with van der Waals surface area (Å²) in [4.78, 5) is 16.7. The van der Waals surface area contributed by atoms with E-state index in [1.165, 1.54) is 7.11 Å². The first kappa shape index (κ1) is 14.2. The van der Waals surface area contributed by atoms with E-state index in [9.17, 15) is 4.79 Å². The van der Waals surface area contributed by atoms with Crippen molar-refractivity contribution >= 4 is 22.6 Å². The number of carbonyl (C=O) groups excluding carboxylic acids is 1. The summed E-state index contributed by atoms with van der Waals surface area (Å²) in [5.74, 6) is 0.395. The van der Waals surface area contributed by atoms with Crippen LogP contribution in [-0.2, 0) is 4.74 Å². The average Bonchev–Trinajstić information content (AvgIpc) is 2.79. The van der Waals surface area contributed by atoms with Crippen molar-refractivity contribution in [2.75, 3.05) is 26.1 Å². The molecule has 108 valence electrons. The van der Waals surface area contributed by atoms with Crippen molar-refractivity contribution in [1.29, 1.82) is 0 Å². The van der Waals surface area contributed by atoms with Gasteiger partial charge in [-0.15, -0.1) is 0 Å². The van der Waals surface area contributed by atoms with Gasteiger partial charge in [-0.2, -0.15) is 0 Å². The number of nitrogens with zero attached hydrogens (tertiary/aromatic N) is 1. The number of hydrogen-bond acceptors (Lipinski definition) is 4. The molecule has 0 amide bonds. The molecule has 2 rings (SSSR count). The van der Waals surface area contributed by atoms with E-state index in [1.54, 1.807) is 6.07 Å². The Morgan fingerprint density at radius 1 is 1.25 bits per heavy atom. The topological polar surface area (TPSA) is 54.6 Å².